The topological polar surface area (TPSA) is 24.7 Å². The summed E-state index contributed by atoms with van der Waals surface area (Å²) in [6.45, 7) is 13.1. The molecule has 160 valence electrons. The van der Waals surface area contributed by atoms with Gasteiger partial charge in [0, 0.05) is 22.4 Å². The number of aryl methyl sites for hydroxylation is 3. The zero-order valence-corrected chi connectivity index (χ0v) is 19.8. The molecule has 3 aromatic carbocycles. The van der Waals surface area contributed by atoms with Crippen molar-refractivity contribution in [3.05, 3.63) is 99.6 Å². The lowest BCUT2D eigenvalue weighted by Crippen LogP contribution is -2.23. The van der Waals surface area contributed by atoms with Crippen molar-refractivity contribution in [2.45, 2.75) is 47.6 Å². The first-order valence-corrected chi connectivity index (χ1v) is 11.5. The molecule has 3 aromatic rings. The van der Waals surface area contributed by atoms with Gasteiger partial charge in [0.1, 0.15) is 0 Å². The fourth-order valence-corrected chi connectivity index (χ4v) is 5.47. The van der Waals surface area contributed by atoms with E-state index in [1.807, 2.05) is 0 Å². The number of allylic oxidation sites excluding steroid dienone is 2. The van der Waals surface area contributed by atoms with Crippen LogP contribution >= 0.6 is 0 Å². The highest BCUT2D eigenvalue weighted by molar-refractivity contribution is 6.61. The van der Waals surface area contributed by atoms with E-state index in [2.05, 4.69) is 102 Å². The van der Waals surface area contributed by atoms with Crippen LogP contribution in [0.3, 0.4) is 0 Å². The van der Waals surface area contributed by atoms with Gasteiger partial charge in [-0.3, -0.25) is 4.99 Å². The van der Waals surface area contributed by atoms with E-state index in [-0.39, 0.29) is 6.04 Å². The zero-order chi connectivity index (χ0) is 22.6. The van der Waals surface area contributed by atoms with E-state index in [4.69, 9.17) is 9.98 Å². The standard InChI is InChI=1S/C30H30N2/c1-17-13-19(3)27(20(4)14-17)31-29-24-11-7-9-23-10-8-12-25(26(23)24)30(29)32-28-21(5)15-18(2)16-22(28)6/h7-16,19,27H,1-6H3/b31-29+,32-30+. The lowest BCUT2D eigenvalue weighted by atomic mass is 9.88. The molecule has 0 amide bonds. The van der Waals surface area contributed by atoms with Gasteiger partial charge in [0.25, 0.3) is 0 Å². The maximum atomic E-state index is 5.40. The van der Waals surface area contributed by atoms with Crippen LogP contribution in [-0.2, 0) is 0 Å². The summed E-state index contributed by atoms with van der Waals surface area (Å²) in [5.74, 6) is 0.361. The monoisotopic (exact) mass is 418 g/mol. The van der Waals surface area contributed by atoms with E-state index in [0.717, 1.165) is 17.1 Å². The van der Waals surface area contributed by atoms with Crippen LogP contribution < -0.4 is 0 Å². The fourth-order valence-electron chi connectivity index (χ4n) is 5.47. The number of rotatable bonds is 2. The second-order valence-electron chi connectivity index (χ2n) is 9.50. The maximum absolute atomic E-state index is 5.40. The Hall–Kier alpha value is -3.26. The Bertz CT molecular complexity index is 1350. The van der Waals surface area contributed by atoms with Crippen molar-refractivity contribution < 1.29 is 0 Å². The van der Waals surface area contributed by atoms with Crippen LogP contribution in [0, 0.1) is 26.7 Å². The summed E-state index contributed by atoms with van der Waals surface area (Å²) in [4.78, 5) is 10.7. The predicted octanol–water partition coefficient (Wildman–Crippen LogP) is 7.60. The molecular weight excluding hydrogens is 388 g/mol. The summed E-state index contributed by atoms with van der Waals surface area (Å²) in [5.41, 5.74) is 11.8. The van der Waals surface area contributed by atoms with Gasteiger partial charge in [-0.1, -0.05) is 78.7 Å². The highest BCUT2D eigenvalue weighted by Crippen LogP contribution is 2.36. The Morgan fingerprint density at radius 3 is 2.03 bits per heavy atom. The quantitative estimate of drug-likeness (QED) is 0.409. The van der Waals surface area contributed by atoms with Gasteiger partial charge in [-0.2, -0.15) is 0 Å². The van der Waals surface area contributed by atoms with Crippen molar-refractivity contribution in [2.75, 3.05) is 0 Å². The summed E-state index contributed by atoms with van der Waals surface area (Å²) in [5, 5.41) is 2.52. The smallest absolute Gasteiger partial charge is 0.0974 e. The van der Waals surface area contributed by atoms with Gasteiger partial charge < -0.3 is 0 Å². The average Bonchev–Trinajstić information content (AvgIpc) is 3.02. The molecule has 0 heterocycles. The van der Waals surface area contributed by atoms with E-state index in [0.29, 0.717) is 5.92 Å². The lowest BCUT2D eigenvalue weighted by Gasteiger charge is -2.24. The average molecular weight is 419 g/mol. The fraction of sp³-hybridized carbons (Fsp3) is 0.267. The molecule has 2 unspecified atom stereocenters. The van der Waals surface area contributed by atoms with Crippen LogP contribution in [0.1, 0.15) is 48.6 Å². The molecule has 0 aliphatic heterocycles. The molecule has 0 spiro atoms. The molecule has 5 rings (SSSR count). The molecule has 0 bridgehead atoms. The van der Waals surface area contributed by atoms with Gasteiger partial charge in [-0.25, -0.2) is 4.99 Å². The number of nitrogens with zero attached hydrogens (tertiary/aromatic N) is 2. The third kappa shape index (κ3) is 3.35. The molecule has 2 heteroatoms. The minimum atomic E-state index is 0.128. The molecular formula is C30H30N2. The molecule has 2 atom stereocenters. The molecule has 0 aromatic heterocycles. The van der Waals surface area contributed by atoms with Gasteiger partial charge in [-0.05, 0) is 56.7 Å². The summed E-state index contributed by atoms with van der Waals surface area (Å²) in [6, 6.07) is 17.6. The number of hydrogen-bond donors (Lipinski definition) is 0. The first-order valence-electron chi connectivity index (χ1n) is 11.5. The van der Waals surface area contributed by atoms with Crippen molar-refractivity contribution in [1.82, 2.24) is 0 Å². The Labute approximate surface area is 191 Å². The molecule has 0 saturated carbocycles. The van der Waals surface area contributed by atoms with E-state index in [9.17, 15) is 0 Å². The lowest BCUT2D eigenvalue weighted by molar-refractivity contribution is 0.595. The Balaban J connectivity index is 1.77. The van der Waals surface area contributed by atoms with Crippen LogP contribution in [0.4, 0.5) is 5.69 Å². The Kier molecular flexibility index (Phi) is 4.97. The van der Waals surface area contributed by atoms with E-state index < -0.39 is 0 Å². The van der Waals surface area contributed by atoms with Crippen LogP contribution in [0.5, 0.6) is 0 Å². The Morgan fingerprint density at radius 2 is 1.41 bits per heavy atom. The van der Waals surface area contributed by atoms with E-state index >= 15 is 0 Å². The molecule has 2 aliphatic rings. The first-order chi connectivity index (χ1) is 15.3. The minimum absolute atomic E-state index is 0.128. The van der Waals surface area contributed by atoms with Crippen LogP contribution in [0.15, 0.2) is 81.8 Å². The van der Waals surface area contributed by atoms with Crippen molar-refractivity contribution in [3.63, 3.8) is 0 Å². The van der Waals surface area contributed by atoms with Crippen LogP contribution in [0.25, 0.3) is 10.8 Å². The third-order valence-corrected chi connectivity index (χ3v) is 6.71. The second-order valence-corrected chi connectivity index (χ2v) is 9.50. The van der Waals surface area contributed by atoms with Crippen molar-refractivity contribution >= 4 is 27.9 Å². The van der Waals surface area contributed by atoms with Gasteiger partial charge in [0.05, 0.1) is 23.2 Å². The summed E-state index contributed by atoms with van der Waals surface area (Å²) in [7, 11) is 0. The molecule has 2 aliphatic carbocycles. The van der Waals surface area contributed by atoms with Gasteiger partial charge >= 0.3 is 0 Å². The summed E-state index contributed by atoms with van der Waals surface area (Å²) in [6.07, 6.45) is 4.60. The normalized spacial score (nSPS) is 22.6. The molecule has 32 heavy (non-hydrogen) atoms. The predicted molar refractivity (Wildman–Crippen MR) is 138 cm³/mol. The summed E-state index contributed by atoms with van der Waals surface area (Å²) >= 11 is 0. The largest absolute Gasteiger partial charge is 0.274 e. The van der Waals surface area contributed by atoms with E-state index in [1.54, 1.807) is 0 Å². The Morgan fingerprint density at radius 1 is 0.781 bits per heavy atom. The molecule has 0 fully saturated rings. The molecule has 0 N–H and O–H groups in total. The van der Waals surface area contributed by atoms with Gasteiger partial charge in [-0.15, -0.1) is 0 Å². The first kappa shape index (κ1) is 20.6. The highest BCUT2D eigenvalue weighted by atomic mass is 14.9. The number of hydrogen-bond acceptors (Lipinski definition) is 2. The van der Waals surface area contributed by atoms with Crippen molar-refractivity contribution in [2.24, 2.45) is 15.9 Å². The van der Waals surface area contributed by atoms with E-state index in [1.165, 1.54) is 49.7 Å². The zero-order valence-electron chi connectivity index (χ0n) is 19.8. The molecule has 2 nitrogen and oxygen atoms in total. The van der Waals surface area contributed by atoms with Gasteiger partial charge in [0.2, 0.25) is 0 Å². The van der Waals surface area contributed by atoms with Crippen molar-refractivity contribution in [3.8, 4) is 0 Å². The second kappa shape index (κ2) is 7.70. The SMILES string of the molecule is CC1=CC(C)C(/N=C2/C(=N/c3c(C)cc(C)cc3C)c3cccc4cccc2c34)C(C)=C1. The highest BCUT2D eigenvalue weighted by Gasteiger charge is 2.30. The number of benzene rings is 3. The minimum Gasteiger partial charge on any atom is -0.274 e. The third-order valence-electron chi connectivity index (χ3n) is 6.71. The van der Waals surface area contributed by atoms with Crippen LogP contribution in [-0.4, -0.2) is 17.5 Å². The summed E-state index contributed by atoms with van der Waals surface area (Å²) < 4.78 is 0. The molecule has 0 saturated heterocycles. The van der Waals surface area contributed by atoms with Crippen LogP contribution in [0.2, 0.25) is 0 Å². The molecule has 0 radical (unpaired) electrons. The maximum Gasteiger partial charge on any atom is 0.0974 e. The number of aliphatic imine (C=N–C) groups is 2. The van der Waals surface area contributed by atoms with Gasteiger partial charge in [0.15, 0.2) is 0 Å². The van der Waals surface area contributed by atoms with Crippen molar-refractivity contribution in [1.29, 1.82) is 0 Å².